The summed E-state index contributed by atoms with van der Waals surface area (Å²) in [6, 6.07) is 14.2. The SMILES string of the molecule is CN(C)CCCn1cc(-c2cncc(-c3ccc(Cl)cc3)c2)c2ncccc21. The molecule has 0 aliphatic heterocycles. The molecule has 0 fully saturated rings. The van der Waals surface area contributed by atoms with E-state index in [1.165, 1.54) is 0 Å². The smallest absolute Gasteiger partial charge is 0.0959 e. The average molecular weight is 391 g/mol. The molecule has 4 nitrogen and oxygen atoms in total. The molecule has 0 bridgehead atoms. The van der Waals surface area contributed by atoms with E-state index < -0.39 is 0 Å². The number of hydrogen-bond donors (Lipinski definition) is 0. The van der Waals surface area contributed by atoms with Crippen molar-refractivity contribution in [3.8, 4) is 22.3 Å². The van der Waals surface area contributed by atoms with Crippen LogP contribution in [-0.4, -0.2) is 40.1 Å². The minimum Gasteiger partial charge on any atom is -0.345 e. The lowest BCUT2D eigenvalue weighted by Crippen LogP contribution is -2.14. The van der Waals surface area contributed by atoms with Crippen LogP contribution < -0.4 is 0 Å². The van der Waals surface area contributed by atoms with Crippen LogP contribution in [0.1, 0.15) is 6.42 Å². The van der Waals surface area contributed by atoms with Crippen molar-refractivity contribution in [1.82, 2.24) is 19.4 Å². The molecule has 0 saturated heterocycles. The van der Waals surface area contributed by atoms with Gasteiger partial charge in [-0.2, -0.15) is 0 Å². The third-order valence-corrected chi connectivity index (χ3v) is 5.12. The van der Waals surface area contributed by atoms with Gasteiger partial charge in [0.2, 0.25) is 0 Å². The Kier molecular flexibility index (Phi) is 5.42. The van der Waals surface area contributed by atoms with E-state index >= 15 is 0 Å². The predicted octanol–water partition coefficient (Wildman–Crippen LogP) is 5.37. The topological polar surface area (TPSA) is 34.0 Å². The summed E-state index contributed by atoms with van der Waals surface area (Å²) in [5, 5.41) is 0.734. The lowest BCUT2D eigenvalue weighted by molar-refractivity contribution is 0.388. The average Bonchev–Trinajstić information content (AvgIpc) is 3.07. The van der Waals surface area contributed by atoms with E-state index in [1.807, 2.05) is 48.9 Å². The van der Waals surface area contributed by atoms with E-state index in [9.17, 15) is 0 Å². The molecular formula is C23H23ClN4. The van der Waals surface area contributed by atoms with Gasteiger partial charge in [-0.15, -0.1) is 0 Å². The van der Waals surface area contributed by atoms with Crippen molar-refractivity contribution in [3.63, 3.8) is 0 Å². The quantitative estimate of drug-likeness (QED) is 0.443. The number of aryl methyl sites for hydroxylation is 1. The molecular weight excluding hydrogens is 368 g/mol. The first-order valence-electron chi connectivity index (χ1n) is 9.42. The lowest BCUT2D eigenvalue weighted by atomic mass is 10.0. The Hall–Kier alpha value is -2.69. The molecule has 4 rings (SSSR count). The maximum Gasteiger partial charge on any atom is 0.0959 e. The summed E-state index contributed by atoms with van der Waals surface area (Å²) in [5.41, 5.74) is 6.53. The van der Waals surface area contributed by atoms with Crippen LogP contribution in [0.4, 0.5) is 0 Å². The summed E-state index contributed by atoms with van der Waals surface area (Å²) in [6.07, 6.45) is 8.94. The third-order valence-electron chi connectivity index (χ3n) is 4.87. The fourth-order valence-electron chi connectivity index (χ4n) is 3.46. The molecule has 142 valence electrons. The van der Waals surface area contributed by atoms with Crippen LogP contribution in [0.2, 0.25) is 5.02 Å². The summed E-state index contributed by atoms with van der Waals surface area (Å²) in [7, 11) is 4.21. The van der Waals surface area contributed by atoms with Crippen molar-refractivity contribution in [2.24, 2.45) is 0 Å². The fourth-order valence-corrected chi connectivity index (χ4v) is 3.59. The maximum atomic E-state index is 6.03. The minimum absolute atomic E-state index is 0.734. The van der Waals surface area contributed by atoms with Crippen molar-refractivity contribution in [2.45, 2.75) is 13.0 Å². The van der Waals surface area contributed by atoms with Crippen LogP contribution in [0, 0.1) is 0 Å². The Balaban J connectivity index is 1.73. The van der Waals surface area contributed by atoms with E-state index in [-0.39, 0.29) is 0 Å². The van der Waals surface area contributed by atoms with Gasteiger partial charge in [-0.3, -0.25) is 9.97 Å². The van der Waals surface area contributed by atoms with Gasteiger partial charge in [0.15, 0.2) is 0 Å². The Morgan fingerprint density at radius 2 is 1.79 bits per heavy atom. The molecule has 1 aromatic carbocycles. The first-order valence-corrected chi connectivity index (χ1v) is 9.79. The number of hydrogen-bond acceptors (Lipinski definition) is 3. The number of aromatic nitrogens is 3. The zero-order chi connectivity index (χ0) is 19.5. The molecule has 0 saturated carbocycles. The number of halogens is 1. The molecule has 5 heteroatoms. The van der Waals surface area contributed by atoms with Gasteiger partial charge >= 0.3 is 0 Å². The van der Waals surface area contributed by atoms with Crippen molar-refractivity contribution >= 4 is 22.6 Å². The normalized spacial score (nSPS) is 11.4. The third kappa shape index (κ3) is 3.93. The molecule has 0 aliphatic carbocycles. The Bertz CT molecular complexity index is 1080. The summed E-state index contributed by atoms with van der Waals surface area (Å²) in [5.74, 6) is 0. The van der Waals surface area contributed by atoms with Gasteiger partial charge in [0, 0.05) is 53.0 Å². The van der Waals surface area contributed by atoms with E-state index in [0.29, 0.717) is 0 Å². The van der Waals surface area contributed by atoms with Crippen molar-refractivity contribution in [2.75, 3.05) is 20.6 Å². The summed E-state index contributed by atoms with van der Waals surface area (Å²) < 4.78 is 2.30. The highest BCUT2D eigenvalue weighted by Crippen LogP contribution is 2.31. The number of pyridine rings is 2. The lowest BCUT2D eigenvalue weighted by Gasteiger charge is -2.10. The molecule has 0 N–H and O–H groups in total. The first-order chi connectivity index (χ1) is 13.6. The molecule has 3 aromatic heterocycles. The Morgan fingerprint density at radius 3 is 2.57 bits per heavy atom. The second-order valence-corrected chi connectivity index (χ2v) is 7.67. The highest BCUT2D eigenvalue weighted by Gasteiger charge is 2.12. The van der Waals surface area contributed by atoms with E-state index in [4.69, 9.17) is 11.6 Å². The van der Waals surface area contributed by atoms with Crippen LogP contribution in [0.3, 0.4) is 0 Å². The highest BCUT2D eigenvalue weighted by atomic mass is 35.5. The first kappa shape index (κ1) is 18.7. The standard InChI is InChI=1S/C23H23ClN4/c1-27(2)11-4-12-28-16-21(23-22(28)5-3-10-26-23)19-13-18(14-25-15-19)17-6-8-20(24)9-7-17/h3,5-10,13-16H,4,11-12H2,1-2H3. The van der Waals surface area contributed by atoms with Gasteiger partial charge in [-0.05, 0) is 63.0 Å². The van der Waals surface area contributed by atoms with Crippen molar-refractivity contribution in [1.29, 1.82) is 0 Å². The zero-order valence-electron chi connectivity index (χ0n) is 16.1. The van der Waals surface area contributed by atoms with Crippen LogP contribution in [0.15, 0.2) is 67.3 Å². The van der Waals surface area contributed by atoms with E-state index in [2.05, 4.69) is 51.9 Å². The minimum atomic E-state index is 0.734. The second kappa shape index (κ2) is 8.13. The molecule has 0 radical (unpaired) electrons. The Labute approximate surface area is 170 Å². The molecule has 0 atom stereocenters. The number of benzene rings is 1. The Morgan fingerprint density at radius 1 is 1.00 bits per heavy atom. The number of nitrogens with zero attached hydrogens (tertiary/aromatic N) is 4. The van der Waals surface area contributed by atoms with Gasteiger partial charge in [-0.1, -0.05) is 23.7 Å². The molecule has 0 spiro atoms. The van der Waals surface area contributed by atoms with Crippen LogP contribution in [-0.2, 0) is 6.54 Å². The second-order valence-electron chi connectivity index (χ2n) is 7.23. The van der Waals surface area contributed by atoms with Crippen LogP contribution >= 0.6 is 11.6 Å². The monoisotopic (exact) mass is 390 g/mol. The molecule has 4 aromatic rings. The van der Waals surface area contributed by atoms with E-state index in [1.54, 1.807) is 0 Å². The molecule has 0 aliphatic rings. The molecule has 3 heterocycles. The summed E-state index contributed by atoms with van der Waals surface area (Å²) >= 11 is 6.03. The van der Waals surface area contributed by atoms with E-state index in [0.717, 1.165) is 57.8 Å². The van der Waals surface area contributed by atoms with Gasteiger partial charge in [0.1, 0.15) is 0 Å². The molecule has 0 amide bonds. The van der Waals surface area contributed by atoms with Gasteiger partial charge in [0.05, 0.1) is 11.0 Å². The number of fused-ring (bicyclic) bond motifs is 1. The molecule has 0 unspecified atom stereocenters. The van der Waals surface area contributed by atoms with Crippen molar-refractivity contribution in [3.05, 3.63) is 72.3 Å². The number of rotatable bonds is 6. The largest absolute Gasteiger partial charge is 0.345 e. The van der Waals surface area contributed by atoms with Gasteiger partial charge in [-0.25, -0.2) is 0 Å². The van der Waals surface area contributed by atoms with Crippen LogP contribution in [0.25, 0.3) is 33.3 Å². The fraction of sp³-hybridized carbons (Fsp3) is 0.217. The maximum absolute atomic E-state index is 6.03. The highest BCUT2D eigenvalue weighted by molar-refractivity contribution is 6.30. The summed E-state index contributed by atoms with van der Waals surface area (Å²) in [4.78, 5) is 11.4. The van der Waals surface area contributed by atoms with Gasteiger partial charge in [0.25, 0.3) is 0 Å². The zero-order valence-corrected chi connectivity index (χ0v) is 16.9. The predicted molar refractivity (Wildman–Crippen MR) is 117 cm³/mol. The van der Waals surface area contributed by atoms with Crippen molar-refractivity contribution < 1.29 is 0 Å². The summed E-state index contributed by atoms with van der Waals surface area (Å²) in [6.45, 7) is 2.02. The molecule has 28 heavy (non-hydrogen) atoms. The van der Waals surface area contributed by atoms with Crippen LogP contribution in [0.5, 0.6) is 0 Å². The van der Waals surface area contributed by atoms with Gasteiger partial charge < -0.3 is 9.47 Å².